The van der Waals surface area contributed by atoms with Crippen LogP contribution in [0, 0.1) is 0 Å². The lowest BCUT2D eigenvalue weighted by Crippen LogP contribution is -2.36. The predicted molar refractivity (Wildman–Crippen MR) is 105 cm³/mol. The SMILES string of the molecule is COc1ccc(N2CCOCC2)cc1NC(=O)/C=C/c1ccc(Cl)cc1. The molecule has 2 aromatic carbocycles. The van der Waals surface area contributed by atoms with Gasteiger partial charge in [0.25, 0.3) is 0 Å². The lowest BCUT2D eigenvalue weighted by atomic mass is 10.2. The number of benzene rings is 2. The van der Waals surface area contributed by atoms with Crippen LogP contribution in [-0.4, -0.2) is 39.3 Å². The highest BCUT2D eigenvalue weighted by molar-refractivity contribution is 6.30. The van der Waals surface area contributed by atoms with Crippen LogP contribution in [0.25, 0.3) is 6.08 Å². The van der Waals surface area contributed by atoms with Crippen LogP contribution in [0.4, 0.5) is 11.4 Å². The van der Waals surface area contributed by atoms with E-state index in [0.29, 0.717) is 29.7 Å². The molecule has 1 amide bonds. The van der Waals surface area contributed by atoms with Gasteiger partial charge in [-0.05, 0) is 42.0 Å². The number of ether oxygens (including phenoxy) is 2. The molecule has 0 spiro atoms. The van der Waals surface area contributed by atoms with Gasteiger partial charge in [0.15, 0.2) is 0 Å². The van der Waals surface area contributed by atoms with E-state index in [1.54, 1.807) is 25.3 Å². The highest BCUT2D eigenvalue weighted by Crippen LogP contribution is 2.30. The molecular weight excluding hydrogens is 352 g/mol. The number of morpholine rings is 1. The van der Waals surface area contributed by atoms with Gasteiger partial charge in [-0.3, -0.25) is 4.79 Å². The van der Waals surface area contributed by atoms with Crippen molar-refractivity contribution in [3.63, 3.8) is 0 Å². The van der Waals surface area contributed by atoms with E-state index in [1.807, 2.05) is 30.3 Å². The fourth-order valence-electron chi connectivity index (χ4n) is 2.73. The molecule has 0 atom stereocenters. The van der Waals surface area contributed by atoms with Crippen molar-refractivity contribution in [3.8, 4) is 5.75 Å². The zero-order valence-corrected chi connectivity index (χ0v) is 15.3. The highest BCUT2D eigenvalue weighted by atomic mass is 35.5. The van der Waals surface area contributed by atoms with Crippen LogP contribution in [0.15, 0.2) is 48.5 Å². The smallest absolute Gasteiger partial charge is 0.248 e. The Hall–Kier alpha value is -2.50. The number of methoxy groups -OCH3 is 1. The van der Waals surface area contributed by atoms with Gasteiger partial charge in [0.05, 0.1) is 26.0 Å². The van der Waals surface area contributed by atoms with Gasteiger partial charge in [-0.2, -0.15) is 0 Å². The molecule has 1 N–H and O–H groups in total. The fraction of sp³-hybridized carbons (Fsp3) is 0.250. The summed E-state index contributed by atoms with van der Waals surface area (Å²) in [4.78, 5) is 14.5. The molecule has 0 aromatic heterocycles. The summed E-state index contributed by atoms with van der Waals surface area (Å²) in [5.41, 5.74) is 2.58. The van der Waals surface area contributed by atoms with Gasteiger partial charge >= 0.3 is 0 Å². The third-order valence-corrected chi connectivity index (χ3v) is 4.37. The first kappa shape index (κ1) is 18.3. The molecule has 0 radical (unpaired) electrons. The van der Waals surface area contributed by atoms with E-state index in [2.05, 4.69) is 10.2 Å². The van der Waals surface area contributed by atoms with Crippen LogP contribution in [0.3, 0.4) is 0 Å². The van der Waals surface area contributed by atoms with Crippen molar-refractivity contribution >= 4 is 35.0 Å². The summed E-state index contributed by atoms with van der Waals surface area (Å²) in [5.74, 6) is 0.396. The topological polar surface area (TPSA) is 50.8 Å². The Labute approximate surface area is 158 Å². The lowest BCUT2D eigenvalue weighted by Gasteiger charge is -2.29. The van der Waals surface area contributed by atoms with Crippen LogP contribution in [0.2, 0.25) is 5.02 Å². The van der Waals surface area contributed by atoms with Crippen LogP contribution in [0.5, 0.6) is 5.75 Å². The molecule has 0 unspecified atom stereocenters. The molecule has 6 heteroatoms. The fourth-order valence-corrected chi connectivity index (χ4v) is 2.86. The van der Waals surface area contributed by atoms with Gasteiger partial charge in [-0.15, -0.1) is 0 Å². The van der Waals surface area contributed by atoms with Gasteiger partial charge in [0.1, 0.15) is 5.75 Å². The minimum atomic E-state index is -0.225. The maximum Gasteiger partial charge on any atom is 0.248 e. The molecule has 0 bridgehead atoms. The number of nitrogens with one attached hydrogen (secondary N) is 1. The minimum absolute atomic E-state index is 0.225. The molecule has 26 heavy (non-hydrogen) atoms. The first-order valence-electron chi connectivity index (χ1n) is 8.41. The number of rotatable bonds is 5. The van der Waals surface area contributed by atoms with Gasteiger partial charge in [0.2, 0.25) is 5.91 Å². The van der Waals surface area contributed by atoms with Crippen LogP contribution >= 0.6 is 11.6 Å². The Morgan fingerprint density at radius 2 is 1.92 bits per heavy atom. The van der Waals surface area contributed by atoms with E-state index >= 15 is 0 Å². The predicted octanol–water partition coefficient (Wildman–Crippen LogP) is 3.84. The molecule has 1 aliphatic rings. The van der Waals surface area contributed by atoms with Gasteiger partial charge < -0.3 is 19.7 Å². The summed E-state index contributed by atoms with van der Waals surface area (Å²) in [6.07, 6.45) is 3.23. The summed E-state index contributed by atoms with van der Waals surface area (Å²) in [6.45, 7) is 3.07. The Balaban J connectivity index is 1.72. The Morgan fingerprint density at radius 1 is 1.19 bits per heavy atom. The minimum Gasteiger partial charge on any atom is -0.495 e. The number of hydrogen-bond donors (Lipinski definition) is 1. The summed E-state index contributed by atoms with van der Waals surface area (Å²) in [5, 5.41) is 3.55. The quantitative estimate of drug-likeness (QED) is 0.810. The number of carbonyl (C=O) groups excluding carboxylic acids is 1. The van der Waals surface area contributed by atoms with Gasteiger partial charge in [-0.25, -0.2) is 0 Å². The molecule has 2 aromatic rings. The Bertz CT molecular complexity index is 784. The summed E-state index contributed by atoms with van der Waals surface area (Å²) < 4.78 is 10.8. The summed E-state index contributed by atoms with van der Waals surface area (Å²) in [6, 6.07) is 13.1. The average Bonchev–Trinajstić information content (AvgIpc) is 2.68. The summed E-state index contributed by atoms with van der Waals surface area (Å²) >= 11 is 5.86. The number of halogens is 1. The monoisotopic (exact) mass is 372 g/mol. The van der Waals surface area contributed by atoms with E-state index in [0.717, 1.165) is 24.3 Å². The standard InChI is InChI=1S/C20H21ClN2O3/c1-25-19-8-7-17(23-10-12-26-13-11-23)14-18(19)22-20(24)9-4-15-2-5-16(21)6-3-15/h2-9,14H,10-13H2,1H3,(H,22,24)/b9-4+. The number of anilines is 2. The Kier molecular flexibility index (Phi) is 6.15. The molecule has 5 nitrogen and oxygen atoms in total. The molecule has 1 heterocycles. The molecule has 1 fully saturated rings. The number of carbonyl (C=O) groups is 1. The van der Waals surface area contributed by atoms with Crippen molar-refractivity contribution in [1.82, 2.24) is 0 Å². The molecule has 3 rings (SSSR count). The highest BCUT2D eigenvalue weighted by Gasteiger charge is 2.14. The van der Waals surface area contributed by atoms with Crippen molar-refractivity contribution in [3.05, 3.63) is 59.1 Å². The number of nitrogens with zero attached hydrogens (tertiary/aromatic N) is 1. The second-order valence-electron chi connectivity index (χ2n) is 5.86. The third-order valence-electron chi connectivity index (χ3n) is 4.11. The van der Waals surface area contributed by atoms with Gasteiger partial charge in [0, 0.05) is 29.9 Å². The van der Waals surface area contributed by atoms with Crippen molar-refractivity contribution in [2.75, 3.05) is 43.6 Å². The molecule has 0 saturated carbocycles. The third kappa shape index (κ3) is 4.77. The van der Waals surface area contributed by atoms with E-state index in [4.69, 9.17) is 21.1 Å². The van der Waals surface area contributed by atoms with Crippen molar-refractivity contribution in [1.29, 1.82) is 0 Å². The maximum absolute atomic E-state index is 12.3. The van der Waals surface area contributed by atoms with E-state index < -0.39 is 0 Å². The van der Waals surface area contributed by atoms with Crippen molar-refractivity contribution < 1.29 is 14.3 Å². The number of amides is 1. The largest absolute Gasteiger partial charge is 0.495 e. The van der Waals surface area contributed by atoms with Crippen molar-refractivity contribution in [2.24, 2.45) is 0 Å². The number of hydrogen-bond acceptors (Lipinski definition) is 4. The average molecular weight is 373 g/mol. The van der Waals surface area contributed by atoms with Crippen molar-refractivity contribution in [2.45, 2.75) is 0 Å². The van der Waals surface area contributed by atoms with Crippen LogP contribution in [-0.2, 0) is 9.53 Å². The zero-order chi connectivity index (χ0) is 18.4. The first-order chi connectivity index (χ1) is 12.7. The van der Waals surface area contributed by atoms with Gasteiger partial charge in [-0.1, -0.05) is 23.7 Å². The van der Waals surface area contributed by atoms with E-state index in [9.17, 15) is 4.79 Å². The van der Waals surface area contributed by atoms with E-state index in [1.165, 1.54) is 6.08 Å². The molecule has 0 aliphatic carbocycles. The first-order valence-corrected chi connectivity index (χ1v) is 8.79. The van der Waals surface area contributed by atoms with E-state index in [-0.39, 0.29) is 5.91 Å². The lowest BCUT2D eigenvalue weighted by molar-refractivity contribution is -0.111. The Morgan fingerprint density at radius 3 is 2.62 bits per heavy atom. The van der Waals surface area contributed by atoms with Crippen LogP contribution in [0.1, 0.15) is 5.56 Å². The normalized spacial score (nSPS) is 14.5. The van der Waals surface area contributed by atoms with Crippen LogP contribution < -0.4 is 15.0 Å². The molecule has 136 valence electrons. The molecular formula is C20H21ClN2O3. The maximum atomic E-state index is 12.3. The zero-order valence-electron chi connectivity index (χ0n) is 14.6. The summed E-state index contributed by atoms with van der Waals surface area (Å²) in [7, 11) is 1.59. The molecule has 1 saturated heterocycles. The second-order valence-corrected chi connectivity index (χ2v) is 6.29. The second kappa shape index (κ2) is 8.74. The molecule has 1 aliphatic heterocycles.